The molecule has 2 fully saturated rings. The Morgan fingerprint density at radius 2 is 2.00 bits per heavy atom. The van der Waals surface area contributed by atoms with Gasteiger partial charge >= 0.3 is 0 Å². The van der Waals surface area contributed by atoms with E-state index in [2.05, 4.69) is 20.6 Å². The maximum atomic E-state index is 14.8. The first-order valence-electron chi connectivity index (χ1n) is 11.3. The summed E-state index contributed by atoms with van der Waals surface area (Å²) in [6.45, 7) is 0. The van der Waals surface area contributed by atoms with Gasteiger partial charge in [-0.3, -0.25) is 0 Å². The number of halogens is 1. The van der Waals surface area contributed by atoms with Gasteiger partial charge in [-0.1, -0.05) is 18.6 Å². The number of phenolic OH excluding ortho intramolecular Hbond substituents is 1. The first-order valence-corrected chi connectivity index (χ1v) is 11.3. The molecule has 7 nitrogen and oxygen atoms in total. The molecule has 0 radical (unpaired) electrons. The van der Waals surface area contributed by atoms with Crippen molar-refractivity contribution in [2.75, 3.05) is 0 Å². The third-order valence-corrected chi connectivity index (χ3v) is 6.70. The summed E-state index contributed by atoms with van der Waals surface area (Å²) in [6, 6.07) is 14.9. The van der Waals surface area contributed by atoms with Crippen LogP contribution in [0.4, 0.5) is 4.39 Å². The van der Waals surface area contributed by atoms with Gasteiger partial charge < -0.3 is 15.2 Å². The van der Waals surface area contributed by atoms with Crippen LogP contribution in [0.5, 0.6) is 11.6 Å². The second-order valence-electron chi connectivity index (χ2n) is 8.81. The average Bonchev–Trinajstić information content (AvgIpc) is 3.27. The van der Waals surface area contributed by atoms with Gasteiger partial charge in [0, 0.05) is 41.9 Å². The highest BCUT2D eigenvalue weighted by molar-refractivity contribution is 5.82. The summed E-state index contributed by atoms with van der Waals surface area (Å²) in [6.07, 6.45) is 5.68. The summed E-state index contributed by atoms with van der Waals surface area (Å²) in [5.41, 5.74) is 3.83. The number of benzene rings is 1. The van der Waals surface area contributed by atoms with E-state index in [9.17, 15) is 9.50 Å². The molecule has 2 unspecified atom stereocenters. The molecule has 0 saturated carbocycles. The third kappa shape index (κ3) is 3.70. The van der Waals surface area contributed by atoms with E-state index in [4.69, 9.17) is 4.74 Å². The predicted octanol–water partition coefficient (Wildman–Crippen LogP) is 4.16. The highest BCUT2D eigenvalue weighted by Gasteiger charge is 2.41. The zero-order valence-corrected chi connectivity index (χ0v) is 17.9. The van der Waals surface area contributed by atoms with Crippen LogP contribution in [0, 0.1) is 0 Å². The summed E-state index contributed by atoms with van der Waals surface area (Å²) >= 11 is 0. The standard InChI is InChI=1S/C25H24FN5O2/c26-25-20-5-3-4-16(28-20)13-23(25)33-24-10-9-19(29-30-24)17-8-7-15(12-22(17)32)18-14-27-31-11-2-1-6-21(18)31/h1-2,6-12,14,16,20,23,25,28,32H,3-5,13H2/t16?,20?,23-,25+/m0/s1. The molecule has 0 spiro atoms. The number of aromatic hydroxyl groups is 1. The number of pyridine rings is 1. The van der Waals surface area contributed by atoms with Gasteiger partial charge in [-0.25, -0.2) is 8.91 Å². The van der Waals surface area contributed by atoms with Gasteiger partial charge in [-0.15, -0.1) is 10.2 Å². The van der Waals surface area contributed by atoms with Crippen LogP contribution in [0.3, 0.4) is 0 Å². The molecule has 2 bridgehead atoms. The van der Waals surface area contributed by atoms with Crippen LogP contribution >= 0.6 is 0 Å². The number of ether oxygens (including phenoxy) is 1. The third-order valence-electron chi connectivity index (χ3n) is 6.70. The second-order valence-corrected chi connectivity index (χ2v) is 8.81. The molecule has 1 aromatic carbocycles. The lowest BCUT2D eigenvalue weighted by Gasteiger charge is -2.42. The number of hydrogen-bond donors (Lipinski definition) is 2. The fourth-order valence-corrected chi connectivity index (χ4v) is 5.03. The van der Waals surface area contributed by atoms with Crippen LogP contribution in [0.15, 0.2) is 60.9 Å². The number of aromatic nitrogens is 4. The summed E-state index contributed by atoms with van der Waals surface area (Å²) < 4.78 is 22.4. The number of nitrogens with zero attached hydrogens (tertiary/aromatic N) is 4. The fourth-order valence-electron chi connectivity index (χ4n) is 5.03. The minimum Gasteiger partial charge on any atom is -0.507 e. The van der Waals surface area contributed by atoms with E-state index in [1.165, 1.54) is 0 Å². The number of alkyl halides is 1. The van der Waals surface area contributed by atoms with Gasteiger partial charge in [0.05, 0.1) is 17.4 Å². The summed E-state index contributed by atoms with van der Waals surface area (Å²) in [5.74, 6) is 0.398. The van der Waals surface area contributed by atoms with Crippen molar-refractivity contribution in [1.29, 1.82) is 0 Å². The van der Waals surface area contributed by atoms with Crippen LogP contribution in [0.2, 0.25) is 0 Å². The lowest BCUT2D eigenvalue weighted by atomic mass is 9.84. The van der Waals surface area contributed by atoms with Gasteiger partial charge in [0.2, 0.25) is 5.88 Å². The monoisotopic (exact) mass is 445 g/mol. The van der Waals surface area contributed by atoms with Crippen molar-refractivity contribution in [3.05, 3.63) is 60.9 Å². The maximum absolute atomic E-state index is 14.8. The van der Waals surface area contributed by atoms with Gasteiger partial charge in [0.25, 0.3) is 0 Å². The molecule has 4 aromatic rings. The minimum atomic E-state index is -1.06. The molecule has 33 heavy (non-hydrogen) atoms. The van der Waals surface area contributed by atoms with E-state index in [0.29, 0.717) is 29.6 Å². The van der Waals surface area contributed by atoms with Gasteiger partial charge in [0.1, 0.15) is 11.9 Å². The molecule has 2 N–H and O–H groups in total. The molecule has 0 aliphatic carbocycles. The van der Waals surface area contributed by atoms with E-state index in [0.717, 1.165) is 35.9 Å². The molecule has 2 aliphatic rings. The van der Waals surface area contributed by atoms with Crippen LogP contribution in [0.1, 0.15) is 25.7 Å². The Balaban J connectivity index is 1.21. The highest BCUT2D eigenvalue weighted by Crippen LogP contribution is 2.35. The first-order chi connectivity index (χ1) is 16.2. The Morgan fingerprint density at radius 1 is 1.06 bits per heavy atom. The molecule has 8 heteroatoms. The predicted molar refractivity (Wildman–Crippen MR) is 122 cm³/mol. The van der Waals surface area contributed by atoms with E-state index in [1.807, 2.05) is 36.5 Å². The van der Waals surface area contributed by atoms with Gasteiger partial charge in [0.15, 0.2) is 6.17 Å². The highest BCUT2D eigenvalue weighted by atomic mass is 19.1. The summed E-state index contributed by atoms with van der Waals surface area (Å²) in [4.78, 5) is 0. The fraction of sp³-hybridized carbons (Fsp3) is 0.320. The molecular weight excluding hydrogens is 421 g/mol. The van der Waals surface area contributed by atoms with Crippen molar-refractivity contribution >= 4 is 5.52 Å². The van der Waals surface area contributed by atoms with E-state index in [1.54, 1.807) is 28.9 Å². The van der Waals surface area contributed by atoms with Crippen molar-refractivity contribution in [2.45, 2.75) is 50.0 Å². The maximum Gasteiger partial charge on any atom is 0.233 e. The van der Waals surface area contributed by atoms with Gasteiger partial charge in [-0.2, -0.15) is 5.10 Å². The lowest BCUT2D eigenvalue weighted by Crippen LogP contribution is -2.59. The Labute approximate surface area is 190 Å². The molecule has 2 aliphatic heterocycles. The van der Waals surface area contributed by atoms with Crippen molar-refractivity contribution < 1.29 is 14.2 Å². The SMILES string of the molecule is Oc1cc(-c2cnn3ccccc23)ccc1-c1ccc(O[C@H]2CC3CCCC(N3)[C@H]2F)nn1. The molecule has 4 atom stereocenters. The van der Waals surface area contributed by atoms with E-state index < -0.39 is 12.3 Å². The quantitative estimate of drug-likeness (QED) is 0.491. The number of nitrogens with one attached hydrogen (secondary N) is 1. The van der Waals surface area contributed by atoms with Crippen LogP contribution in [-0.4, -0.2) is 49.3 Å². The Morgan fingerprint density at radius 3 is 2.85 bits per heavy atom. The zero-order valence-electron chi connectivity index (χ0n) is 17.9. The number of rotatable bonds is 4. The second kappa shape index (κ2) is 8.12. The smallest absolute Gasteiger partial charge is 0.233 e. The van der Waals surface area contributed by atoms with Crippen molar-refractivity contribution in [2.24, 2.45) is 0 Å². The van der Waals surface area contributed by atoms with Crippen molar-refractivity contribution in [1.82, 2.24) is 25.1 Å². The lowest BCUT2D eigenvalue weighted by molar-refractivity contribution is 0.00652. The Kier molecular flexibility index (Phi) is 4.95. The molecular formula is C25H24FN5O2. The molecule has 2 saturated heterocycles. The van der Waals surface area contributed by atoms with Crippen LogP contribution in [-0.2, 0) is 0 Å². The Hall–Kier alpha value is -3.52. The van der Waals surface area contributed by atoms with E-state index in [-0.39, 0.29) is 11.8 Å². The minimum absolute atomic E-state index is 0.0979. The zero-order chi connectivity index (χ0) is 22.4. The number of hydrogen-bond acceptors (Lipinski definition) is 6. The summed E-state index contributed by atoms with van der Waals surface area (Å²) in [7, 11) is 0. The topological polar surface area (TPSA) is 84.6 Å². The van der Waals surface area contributed by atoms with Crippen LogP contribution in [0.25, 0.3) is 27.9 Å². The molecule has 168 valence electrons. The number of phenols is 1. The largest absolute Gasteiger partial charge is 0.507 e. The van der Waals surface area contributed by atoms with Gasteiger partial charge in [-0.05, 0) is 48.7 Å². The first kappa shape index (κ1) is 20.1. The molecule has 3 aromatic heterocycles. The molecule has 6 rings (SSSR count). The average molecular weight is 445 g/mol. The van der Waals surface area contributed by atoms with Crippen molar-refractivity contribution in [3.8, 4) is 34.0 Å². The Bertz CT molecular complexity index is 1290. The van der Waals surface area contributed by atoms with E-state index >= 15 is 0 Å². The van der Waals surface area contributed by atoms with Crippen LogP contribution < -0.4 is 10.1 Å². The normalized spacial score (nSPS) is 24.6. The molecule has 0 amide bonds. The molecule has 5 heterocycles. The number of fused-ring (bicyclic) bond motifs is 3. The summed E-state index contributed by atoms with van der Waals surface area (Å²) in [5, 5.41) is 26.8. The van der Waals surface area contributed by atoms with Crippen molar-refractivity contribution in [3.63, 3.8) is 0 Å². The number of piperidine rings is 2.